The van der Waals surface area contributed by atoms with Crippen molar-refractivity contribution in [3.63, 3.8) is 0 Å². The quantitative estimate of drug-likeness (QED) is 0.927. The van der Waals surface area contributed by atoms with Crippen LogP contribution in [0.5, 0.6) is 0 Å². The maximum absolute atomic E-state index is 11.1. The van der Waals surface area contributed by atoms with Gasteiger partial charge in [0.1, 0.15) is 5.54 Å². The Hall–Kier alpha value is -0.870. The Kier molecular flexibility index (Phi) is 3.04. The van der Waals surface area contributed by atoms with Crippen LogP contribution in [0.4, 0.5) is 0 Å². The number of rotatable bonds is 3. The van der Waals surface area contributed by atoms with E-state index in [-0.39, 0.29) is 0 Å². The summed E-state index contributed by atoms with van der Waals surface area (Å²) in [6.07, 6.45) is 0.735. The highest BCUT2D eigenvalue weighted by atomic mass is 79.9. The number of hydrogen-bond donors (Lipinski definition) is 1. The summed E-state index contributed by atoms with van der Waals surface area (Å²) in [5.41, 5.74) is 0.475. The second-order valence-electron chi connectivity index (χ2n) is 4.38. The molecule has 1 atom stereocenters. The molecule has 4 heteroatoms. The minimum Gasteiger partial charge on any atom is -0.480 e. The first kappa shape index (κ1) is 11.6. The van der Waals surface area contributed by atoms with E-state index >= 15 is 0 Å². The van der Waals surface area contributed by atoms with Gasteiger partial charge in [-0.05, 0) is 31.0 Å². The predicted octanol–water partition coefficient (Wildman–Crippen LogP) is 2.50. The van der Waals surface area contributed by atoms with Crippen molar-refractivity contribution in [1.82, 2.24) is 4.90 Å². The molecule has 1 aromatic carbocycles. The van der Waals surface area contributed by atoms with Crippen molar-refractivity contribution in [1.29, 1.82) is 0 Å². The minimum absolute atomic E-state index is 0.674. The first-order valence-corrected chi connectivity index (χ1v) is 6.04. The van der Waals surface area contributed by atoms with E-state index in [1.807, 2.05) is 29.2 Å². The highest BCUT2D eigenvalue weighted by Crippen LogP contribution is 2.32. The molecule has 0 radical (unpaired) electrons. The molecule has 0 saturated carbocycles. The van der Waals surface area contributed by atoms with Crippen LogP contribution in [0.2, 0.25) is 0 Å². The third-order valence-corrected chi connectivity index (χ3v) is 3.84. The van der Waals surface area contributed by atoms with E-state index in [9.17, 15) is 4.79 Å². The Morgan fingerprint density at radius 2 is 2.12 bits per heavy atom. The van der Waals surface area contributed by atoms with Gasteiger partial charge >= 0.3 is 5.97 Å². The molecule has 1 saturated heterocycles. The summed E-state index contributed by atoms with van der Waals surface area (Å²) in [5, 5.41) is 9.14. The lowest BCUT2D eigenvalue weighted by molar-refractivity contribution is -0.160. The zero-order chi connectivity index (χ0) is 11.8. The van der Waals surface area contributed by atoms with Gasteiger partial charge in [0.2, 0.25) is 0 Å². The zero-order valence-corrected chi connectivity index (χ0v) is 10.7. The molecule has 16 heavy (non-hydrogen) atoms. The van der Waals surface area contributed by atoms with Crippen molar-refractivity contribution in [2.45, 2.75) is 25.4 Å². The van der Waals surface area contributed by atoms with Gasteiger partial charge in [0.05, 0.1) is 0 Å². The van der Waals surface area contributed by atoms with Crippen LogP contribution in [0.3, 0.4) is 0 Å². The lowest BCUT2D eigenvalue weighted by Crippen LogP contribution is -2.61. The number of aliphatic carboxylic acids is 1. The Bertz CT molecular complexity index is 404. The van der Waals surface area contributed by atoms with Gasteiger partial charge in [0.15, 0.2) is 0 Å². The van der Waals surface area contributed by atoms with Gasteiger partial charge in [-0.1, -0.05) is 28.1 Å². The van der Waals surface area contributed by atoms with Gasteiger partial charge in [-0.15, -0.1) is 0 Å². The predicted molar refractivity (Wildman–Crippen MR) is 65.2 cm³/mol. The van der Waals surface area contributed by atoms with Gasteiger partial charge in [-0.3, -0.25) is 9.69 Å². The SMILES string of the molecule is C[C@]1(C(=O)O)CCN1Cc1ccc(Br)cc1. The third-order valence-electron chi connectivity index (χ3n) is 3.31. The van der Waals surface area contributed by atoms with Crippen molar-refractivity contribution in [2.75, 3.05) is 6.54 Å². The second-order valence-corrected chi connectivity index (χ2v) is 5.29. The molecule has 1 aromatic rings. The lowest BCUT2D eigenvalue weighted by atomic mass is 9.86. The van der Waals surface area contributed by atoms with Gasteiger partial charge in [-0.25, -0.2) is 0 Å². The third kappa shape index (κ3) is 1.99. The van der Waals surface area contributed by atoms with E-state index in [4.69, 9.17) is 5.11 Å². The van der Waals surface area contributed by atoms with Gasteiger partial charge < -0.3 is 5.11 Å². The largest absolute Gasteiger partial charge is 0.480 e. The minimum atomic E-state index is -0.726. The van der Waals surface area contributed by atoms with Crippen LogP contribution in [0.15, 0.2) is 28.7 Å². The number of carboxylic acid groups (broad SMARTS) is 1. The molecule has 1 heterocycles. The second kappa shape index (κ2) is 4.18. The average molecular weight is 284 g/mol. The Morgan fingerprint density at radius 3 is 2.56 bits per heavy atom. The van der Waals surface area contributed by atoms with Crippen molar-refractivity contribution >= 4 is 21.9 Å². The van der Waals surface area contributed by atoms with E-state index in [1.54, 1.807) is 6.92 Å². The molecule has 0 aliphatic carbocycles. The van der Waals surface area contributed by atoms with Crippen molar-refractivity contribution in [3.05, 3.63) is 34.3 Å². The maximum Gasteiger partial charge on any atom is 0.323 e. The molecule has 86 valence electrons. The summed E-state index contributed by atoms with van der Waals surface area (Å²) in [5.74, 6) is -0.726. The summed E-state index contributed by atoms with van der Waals surface area (Å²) >= 11 is 3.38. The molecular weight excluding hydrogens is 270 g/mol. The number of halogens is 1. The summed E-state index contributed by atoms with van der Waals surface area (Å²) < 4.78 is 1.04. The maximum atomic E-state index is 11.1. The molecule has 0 amide bonds. The standard InChI is InChI=1S/C12H14BrNO2/c1-12(11(15)16)6-7-14(12)8-9-2-4-10(13)5-3-9/h2-5H,6-8H2,1H3,(H,15,16)/t12-/m1/s1. The van der Waals surface area contributed by atoms with Crippen molar-refractivity contribution in [3.8, 4) is 0 Å². The fourth-order valence-electron chi connectivity index (χ4n) is 1.91. The normalized spacial score (nSPS) is 25.1. The highest BCUT2D eigenvalue weighted by molar-refractivity contribution is 9.10. The Balaban J connectivity index is 2.06. The number of nitrogens with zero attached hydrogens (tertiary/aromatic N) is 1. The lowest BCUT2D eigenvalue weighted by Gasteiger charge is -2.47. The Morgan fingerprint density at radius 1 is 1.50 bits per heavy atom. The molecule has 0 aromatic heterocycles. The summed E-state index contributed by atoms with van der Waals surface area (Å²) in [6.45, 7) is 3.35. The molecule has 1 aliphatic rings. The van der Waals surface area contributed by atoms with Gasteiger partial charge in [0.25, 0.3) is 0 Å². The Labute approximate surface area is 103 Å². The smallest absolute Gasteiger partial charge is 0.323 e. The van der Waals surface area contributed by atoms with E-state index in [2.05, 4.69) is 15.9 Å². The molecule has 0 bridgehead atoms. The van der Waals surface area contributed by atoms with E-state index in [0.29, 0.717) is 6.54 Å². The van der Waals surface area contributed by atoms with Gasteiger partial charge in [0, 0.05) is 17.6 Å². The van der Waals surface area contributed by atoms with Gasteiger partial charge in [-0.2, -0.15) is 0 Å². The van der Waals surface area contributed by atoms with Crippen LogP contribution in [-0.4, -0.2) is 28.1 Å². The van der Waals surface area contributed by atoms with Crippen LogP contribution in [0, 0.1) is 0 Å². The van der Waals surface area contributed by atoms with Crippen LogP contribution < -0.4 is 0 Å². The number of hydrogen-bond acceptors (Lipinski definition) is 2. The van der Waals surface area contributed by atoms with Crippen LogP contribution in [0.25, 0.3) is 0 Å². The monoisotopic (exact) mass is 283 g/mol. The van der Waals surface area contributed by atoms with E-state index < -0.39 is 11.5 Å². The van der Waals surface area contributed by atoms with Crippen LogP contribution >= 0.6 is 15.9 Å². The molecule has 0 unspecified atom stereocenters. The molecule has 1 fully saturated rings. The molecular formula is C12H14BrNO2. The first-order valence-electron chi connectivity index (χ1n) is 5.25. The van der Waals surface area contributed by atoms with E-state index in [1.165, 1.54) is 0 Å². The molecule has 3 nitrogen and oxygen atoms in total. The van der Waals surface area contributed by atoms with Crippen molar-refractivity contribution in [2.24, 2.45) is 0 Å². The summed E-state index contributed by atoms with van der Waals surface area (Å²) in [4.78, 5) is 13.1. The first-order chi connectivity index (χ1) is 7.52. The van der Waals surface area contributed by atoms with E-state index in [0.717, 1.165) is 23.0 Å². The molecule has 1 N–H and O–H groups in total. The summed E-state index contributed by atoms with van der Waals surface area (Å²) in [6, 6.07) is 8.00. The fourth-order valence-corrected chi connectivity index (χ4v) is 2.18. The number of carboxylic acids is 1. The van der Waals surface area contributed by atoms with Crippen molar-refractivity contribution < 1.29 is 9.90 Å². The average Bonchev–Trinajstić information content (AvgIpc) is 2.25. The topological polar surface area (TPSA) is 40.5 Å². The fraction of sp³-hybridized carbons (Fsp3) is 0.417. The molecule has 0 spiro atoms. The zero-order valence-electron chi connectivity index (χ0n) is 9.11. The highest BCUT2D eigenvalue weighted by Gasteiger charge is 2.46. The molecule has 1 aliphatic heterocycles. The summed E-state index contributed by atoms with van der Waals surface area (Å²) in [7, 11) is 0. The number of benzene rings is 1. The number of likely N-dealkylation sites (tertiary alicyclic amines) is 1. The van der Waals surface area contributed by atoms with Crippen LogP contribution in [0.1, 0.15) is 18.9 Å². The van der Waals surface area contributed by atoms with Crippen LogP contribution in [-0.2, 0) is 11.3 Å². The number of carbonyl (C=O) groups is 1. The molecule has 2 rings (SSSR count).